The fourth-order valence-corrected chi connectivity index (χ4v) is 11.7. The number of thioether (sulfide) groups is 1. The van der Waals surface area contributed by atoms with Crippen LogP contribution in [0.4, 0.5) is 0 Å². The molecule has 1 aliphatic carbocycles. The third-order valence-corrected chi connectivity index (χ3v) is 14.3. The fraction of sp³-hybridized carbons (Fsp3) is 0.0870. The average Bonchev–Trinajstić information content (AvgIpc) is 3.85. The summed E-state index contributed by atoms with van der Waals surface area (Å²) in [5.74, 6) is 0.738. The molecule has 8 aromatic rings. The number of hydrogen-bond acceptors (Lipinski definition) is 5. The molecule has 2 aliphatic rings. The molecule has 3 heterocycles. The fourth-order valence-electron chi connectivity index (χ4n) is 7.79. The number of nitrogens with zero attached hydrogens (tertiary/aromatic N) is 1. The maximum absolute atomic E-state index is 9.29. The SMILES string of the molecule is CC12C=CC=CC1c1cccc(-c3ccc4sc5c(C(/N=C/c6ccccc6)NC(=N)c6ccc7c(c6)sc6ccccc67)cccc5c4c3)c1S2. The third kappa shape index (κ3) is 5.24. The van der Waals surface area contributed by atoms with E-state index in [1.54, 1.807) is 22.7 Å². The molecule has 10 rings (SSSR count). The van der Waals surface area contributed by atoms with Gasteiger partial charge in [-0.1, -0.05) is 127 Å². The Kier molecular flexibility index (Phi) is 7.53. The van der Waals surface area contributed by atoms with Crippen molar-refractivity contribution in [2.75, 3.05) is 0 Å². The number of thiophene rings is 2. The first-order valence-electron chi connectivity index (χ1n) is 17.5. The maximum atomic E-state index is 9.29. The Labute approximate surface area is 314 Å². The monoisotopic (exact) mass is 723 g/mol. The molecule has 0 fully saturated rings. The van der Waals surface area contributed by atoms with Gasteiger partial charge in [0.15, 0.2) is 0 Å². The van der Waals surface area contributed by atoms with Crippen molar-refractivity contribution < 1.29 is 0 Å². The van der Waals surface area contributed by atoms with Crippen LogP contribution in [0.1, 0.15) is 41.3 Å². The van der Waals surface area contributed by atoms with Gasteiger partial charge in [0, 0.05) is 73.2 Å². The van der Waals surface area contributed by atoms with Crippen molar-refractivity contribution in [3.8, 4) is 11.1 Å². The molecule has 0 saturated carbocycles. The number of hydrogen-bond donors (Lipinski definition) is 2. The minimum absolute atomic E-state index is 0.0426. The lowest BCUT2D eigenvalue weighted by molar-refractivity contribution is 0.692. The van der Waals surface area contributed by atoms with Crippen LogP contribution in [0.15, 0.2) is 162 Å². The van der Waals surface area contributed by atoms with Gasteiger partial charge < -0.3 is 5.32 Å². The number of rotatable bonds is 6. The van der Waals surface area contributed by atoms with Gasteiger partial charge in [0.1, 0.15) is 12.0 Å². The van der Waals surface area contributed by atoms with Crippen LogP contribution in [0.5, 0.6) is 0 Å². The molecule has 6 heteroatoms. The molecular formula is C46H33N3S3. The van der Waals surface area contributed by atoms with Crippen LogP contribution in [0, 0.1) is 5.41 Å². The van der Waals surface area contributed by atoms with Crippen LogP contribution in [0.3, 0.4) is 0 Å². The number of benzene rings is 6. The van der Waals surface area contributed by atoms with E-state index in [-0.39, 0.29) is 4.75 Å². The molecular weight excluding hydrogens is 691 g/mol. The lowest BCUT2D eigenvalue weighted by Crippen LogP contribution is -2.27. The second-order valence-corrected chi connectivity index (χ2v) is 17.3. The molecule has 3 atom stereocenters. The predicted octanol–water partition coefficient (Wildman–Crippen LogP) is 12.9. The first kappa shape index (κ1) is 31.5. The number of aliphatic imine (C=N–C) groups is 1. The van der Waals surface area contributed by atoms with Gasteiger partial charge in [-0.15, -0.1) is 34.4 Å². The van der Waals surface area contributed by atoms with Gasteiger partial charge >= 0.3 is 0 Å². The van der Waals surface area contributed by atoms with E-state index in [2.05, 4.69) is 146 Å². The van der Waals surface area contributed by atoms with Crippen molar-refractivity contribution >= 4 is 86.8 Å². The van der Waals surface area contributed by atoms with E-state index in [1.165, 1.54) is 61.9 Å². The molecule has 250 valence electrons. The smallest absolute Gasteiger partial charge is 0.147 e. The van der Waals surface area contributed by atoms with E-state index in [4.69, 9.17) is 4.99 Å². The van der Waals surface area contributed by atoms with Crippen LogP contribution >= 0.6 is 34.4 Å². The van der Waals surface area contributed by atoms with E-state index in [0.717, 1.165) is 16.7 Å². The Hall–Kier alpha value is -5.27. The van der Waals surface area contributed by atoms with Gasteiger partial charge in [0.2, 0.25) is 0 Å². The summed E-state index contributed by atoms with van der Waals surface area (Å²) in [6, 6.07) is 45.3. The molecule has 2 aromatic heterocycles. The topological polar surface area (TPSA) is 48.2 Å². The summed E-state index contributed by atoms with van der Waals surface area (Å²) < 4.78 is 4.91. The van der Waals surface area contributed by atoms with Crippen molar-refractivity contribution in [1.29, 1.82) is 5.41 Å². The van der Waals surface area contributed by atoms with Gasteiger partial charge in [-0.3, -0.25) is 10.4 Å². The summed E-state index contributed by atoms with van der Waals surface area (Å²) in [7, 11) is 0. The minimum atomic E-state index is -0.457. The Morgan fingerprint density at radius 3 is 2.48 bits per heavy atom. The third-order valence-electron chi connectivity index (χ3n) is 10.4. The molecule has 3 unspecified atom stereocenters. The lowest BCUT2D eigenvalue weighted by atomic mass is 9.83. The average molecular weight is 724 g/mol. The van der Waals surface area contributed by atoms with E-state index in [0.29, 0.717) is 11.8 Å². The summed E-state index contributed by atoms with van der Waals surface area (Å²) in [6.07, 6.45) is 10.5. The van der Waals surface area contributed by atoms with Gasteiger partial charge in [-0.2, -0.15) is 0 Å². The van der Waals surface area contributed by atoms with Crippen molar-refractivity contribution in [2.45, 2.75) is 28.6 Å². The molecule has 3 nitrogen and oxygen atoms in total. The second kappa shape index (κ2) is 12.4. The van der Waals surface area contributed by atoms with Crippen molar-refractivity contribution in [1.82, 2.24) is 5.32 Å². The predicted molar refractivity (Wildman–Crippen MR) is 226 cm³/mol. The Morgan fingerprint density at radius 1 is 0.750 bits per heavy atom. The molecule has 0 radical (unpaired) electrons. The molecule has 2 N–H and O–H groups in total. The summed E-state index contributed by atoms with van der Waals surface area (Å²) in [5, 5.41) is 17.8. The summed E-state index contributed by atoms with van der Waals surface area (Å²) in [4.78, 5) is 6.50. The maximum Gasteiger partial charge on any atom is 0.147 e. The molecule has 52 heavy (non-hydrogen) atoms. The zero-order valence-electron chi connectivity index (χ0n) is 28.3. The van der Waals surface area contributed by atoms with E-state index in [9.17, 15) is 5.41 Å². The second-order valence-electron chi connectivity index (χ2n) is 13.7. The summed E-state index contributed by atoms with van der Waals surface area (Å²) >= 11 is 5.57. The Morgan fingerprint density at radius 2 is 1.56 bits per heavy atom. The lowest BCUT2D eigenvalue weighted by Gasteiger charge is -2.27. The molecule has 1 aliphatic heterocycles. The highest BCUT2D eigenvalue weighted by Crippen LogP contribution is 2.58. The zero-order chi connectivity index (χ0) is 34.8. The molecule has 0 spiro atoms. The highest BCUT2D eigenvalue weighted by Gasteiger charge is 2.42. The van der Waals surface area contributed by atoms with E-state index < -0.39 is 6.17 Å². The minimum Gasteiger partial charge on any atom is -0.345 e. The largest absolute Gasteiger partial charge is 0.345 e. The van der Waals surface area contributed by atoms with Crippen molar-refractivity contribution in [3.63, 3.8) is 0 Å². The number of amidine groups is 1. The normalized spacial score (nSPS) is 18.4. The van der Waals surface area contributed by atoms with Gasteiger partial charge in [-0.05, 0) is 53.4 Å². The van der Waals surface area contributed by atoms with Gasteiger partial charge in [0.25, 0.3) is 0 Å². The van der Waals surface area contributed by atoms with E-state index >= 15 is 0 Å². The van der Waals surface area contributed by atoms with Crippen LogP contribution in [-0.4, -0.2) is 16.8 Å². The first-order chi connectivity index (χ1) is 25.5. The van der Waals surface area contributed by atoms with Crippen LogP contribution in [0.2, 0.25) is 0 Å². The molecule has 0 amide bonds. The number of allylic oxidation sites excluding steroid dienone is 3. The molecule has 6 aromatic carbocycles. The van der Waals surface area contributed by atoms with E-state index in [1.807, 2.05) is 36.2 Å². The highest BCUT2D eigenvalue weighted by molar-refractivity contribution is 8.01. The van der Waals surface area contributed by atoms with Crippen LogP contribution in [0.25, 0.3) is 51.5 Å². The van der Waals surface area contributed by atoms with Crippen LogP contribution < -0.4 is 5.32 Å². The quantitative estimate of drug-likeness (QED) is 0.133. The first-order valence-corrected chi connectivity index (χ1v) is 20.0. The van der Waals surface area contributed by atoms with Gasteiger partial charge in [0.05, 0.1) is 0 Å². The molecule has 0 bridgehead atoms. The van der Waals surface area contributed by atoms with Crippen molar-refractivity contribution in [2.24, 2.45) is 4.99 Å². The number of nitrogens with one attached hydrogen (secondary N) is 2. The summed E-state index contributed by atoms with van der Waals surface area (Å²) in [5.41, 5.74) is 6.89. The standard InChI is InChI=1S/C46H33N3S3/c1-46-24-8-7-18-38(46)35-16-9-14-31(43(35)52-46)29-21-23-40-37(25-29)34-15-10-17-36(42(34)51-40)45(48-27-28-11-3-2-4-12-28)49-44(47)30-20-22-33-32-13-5-6-19-39(32)50-41(33)26-30/h2-27,38,45H,1H3,(H2,47,49)/b48-27+. The Balaban J connectivity index is 1.05. The zero-order valence-corrected chi connectivity index (χ0v) is 30.8. The summed E-state index contributed by atoms with van der Waals surface area (Å²) in [6.45, 7) is 2.36. The van der Waals surface area contributed by atoms with Gasteiger partial charge in [-0.25, -0.2) is 0 Å². The number of fused-ring (bicyclic) bond motifs is 9. The molecule has 0 saturated heterocycles. The van der Waals surface area contributed by atoms with Crippen molar-refractivity contribution in [3.05, 3.63) is 174 Å². The van der Waals surface area contributed by atoms with Crippen LogP contribution in [-0.2, 0) is 0 Å². The Bertz CT molecular complexity index is 2810. The highest BCUT2D eigenvalue weighted by atomic mass is 32.2.